The molecular weight excluding hydrogens is 307 g/mol. The number of oxazole rings is 1. The summed E-state index contributed by atoms with van der Waals surface area (Å²) in [7, 11) is 0. The number of carboxylic acid groups (broad SMARTS) is 1. The molecule has 3 rings (SSSR count). The summed E-state index contributed by atoms with van der Waals surface area (Å²) in [6.07, 6.45) is 1.09. The molecule has 120 valence electrons. The van der Waals surface area contributed by atoms with Gasteiger partial charge < -0.3 is 19.2 Å². The number of fused-ring (bicyclic) bond motifs is 1. The molecule has 1 aromatic heterocycles. The van der Waals surface area contributed by atoms with Gasteiger partial charge in [0.2, 0.25) is 0 Å². The number of halogens is 1. The van der Waals surface area contributed by atoms with Gasteiger partial charge in [-0.15, -0.1) is 0 Å². The Morgan fingerprint density at radius 3 is 2.96 bits per heavy atom. The molecule has 23 heavy (non-hydrogen) atoms. The number of aromatic nitrogens is 1. The van der Waals surface area contributed by atoms with E-state index >= 15 is 0 Å². The molecule has 0 saturated carbocycles. The largest absolute Gasteiger partial charge is 0.480 e. The highest BCUT2D eigenvalue weighted by molar-refractivity contribution is 5.93. The number of hydrogen-bond acceptors (Lipinski definition) is 5. The van der Waals surface area contributed by atoms with Crippen LogP contribution in [0.15, 0.2) is 29.0 Å². The number of hydrogen-bond donors (Lipinski definition) is 1. The molecule has 0 unspecified atom stereocenters. The monoisotopic (exact) mass is 320 g/mol. The molecule has 0 spiro atoms. The number of carbonyl (C=O) groups is 2. The van der Waals surface area contributed by atoms with Crippen molar-refractivity contribution in [1.29, 1.82) is 0 Å². The maximum atomic E-state index is 13.7. The number of benzene rings is 1. The van der Waals surface area contributed by atoms with E-state index in [2.05, 4.69) is 4.98 Å². The summed E-state index contributed by atoms with van der Waals surface area (Å²) in [4.78, 5) is 28.3. The molecule has 2 heterocycles. The van der Waals surface area contributed by atoms with Gasteiger partial charge in [0.15, 0.2) is 17.8 Å². The SMILES string of the molecule is O=C(O)COCc1ocnc1C(=O)N1Cc2cccc(F)c2C1. The molecular formula is C15H13FN2O5. The minimum absolute atomic E-state index is 0.0450. The van der Waals surface area contributed by atoms with Crippen LogP contribution < -0.4 is 0 Å². The Bertz CT molecular complexity index is 758. The summed E-state index contributed by atoms with van der Waals surface area (Å²) in [5, 5.41) is 8.54. The summed E-state index contributed by atoms with van der Waals surface area (Å²) in [6.45, 7) is -0.242. The van der Waals surface area contributed by atoms with Gasteiger partial charge in [-0.2, -0.15) is 0 Å². The lowest BCUT2D eigenvalue weighted by molar-refractivity contribution is -0.142. The molecule has 7 nitrogen and oxygen atoms in total. The van der Waals surface area contributed by atoms with Gasteiger partial charge >= 0.3 is 5.97 Å². The Hall–Kier alpha value is -2.74. The van der Waals surface area contributed by atoms with Crippen LogP contribution in [0, 0.1) is 5.82 Å². The molecule has 2 aromatic rings. The molecule has 0 atom stereocenters. The molecule has 0 radical (unpaired) electrons. The molecule has 0 fully saturated rings. The van der Waals surface area contributed by atoms with Gasteiger partial charge in [0.1, 0.15) is 19.0 Å². The zero-order valence-corrected chi connectivity index (χ0v) is 12.0. The third-order valence-corrected chi connectivity index (χ3v) is 3.52. The first-order chi connectivity index (χ1) is 11.1. The Kier molecular flexibility index (Phi) is 4.07. The summed E-state index contributed by atoms with van der Waals surface area (Å²) >= 11 is 0. The fourth-order valence-corrected chi connectivity index (χ4v) is 2.45. The van der Waals surface area contributed by atoms with Gasteiger partial charge in [-0.25, -0.2) is 14.2 Å². The van der Waals surface area contributed by atoms with Gasteiger partial charge in [0.05, 0.1) is 0 Å². The number of carbonyl (C=O) groups excluding carboxylic acids is 1. The molecule has 8 heteroatoms. The van der Waals surface area contributed by atoms with Gasteiger partial charge in [-0.3, -0.25) is 4.79 Å². The zero-order chi connectivity index (χ0) is 16.4. The molecule has 0 aliphatic carbocycles. The third kappa shape index (κ3) is 3.07. The normalized spacial score (nSPS) is 13.2. The van der Waals surface area contributed by atoms with Crippen molar-refractivity contribution in [3.05, 3.63) is 53.0 Å². The van der Waals surface area contributed by atoms with Crippen molar-refractivity contribution >= 4 is 11.9 Å². The predicted molar refractivity (Wildman–Crippen MR) is 73.8 cm³/mol. The lowest BCUT2D eigenvalue weighted by Gasteiger charge is -2.14. The topological polar surface area (TPSA) is 92.9 Å². The Labute approximate surface area is 130 Å². The first-order valence-electron chi connectivity index (χ1n) is 6.83. The second-order valence-electron chi connectivity index (χ2n) is 5.05. The first-order valence-corrected chi connectivity index (χ1v) is 6.83. The fourth-order valence-electron chi connectivity index (χ4n) is 2.45. The van der Waals surface area contributed by atoms with E-state index < -0.39 is 18.5 Å². The van der Waals surface area contributed by atoms with Crippen LogP contribution in [0.4, 0.5) is 4.39 Å². The van der Waals surface area contributed by atoms with Crippen molar-refractivity contribution in [2.24, 2.45) is 0 Å². The van der Waals surface area contributed by atoms with Crippen molar-refractivity contribution in [3.63, 3.8) is 0 Å². The Morgan fingerprint density at radius 2 is 2.22 bits per heavy atom. The first kappa shape index (κ1) is 15.2. The summed E-state index contributed by atoms with van der Waals surface area (Å²) < 4.78 is 23.7. The third-order valence-electron chi connectivity index (χ3n) is 3.52. The van der Waals surface area contributed by atoms with E-state index in [1.54, 1.807) is 12.1 Å². The highest BCUT2D eigenvalue weighted by Gasteiger charge is 2.29. The lowest BCUT2D eigenvalue weighted by atomic mass is 10.1. The minimum Gasteiger partial charge on any atom is -0.480 e. The van der Waals surface area contributed by atoms with Crippen molar-refractivity contribution in [2.75, 3.05) is 6.61 Å². The predicted octanol–water partition coefficient (Wildman–Crippen LogP) is 1.57. The fraction of sp³-hybridized carbons (Fsp3) is 0.267. The summed E-state index contributed by atoms with van der Waals surface area (Å²) in [5.41, 5.74) is 1.29. The number of ether oxygens (including phenoxy) is 1. The molecule has 1 aliphatic heterocycles. The van der Waals surface area contributed by atoms with E-state index in [1.807, 2.05) is 0 Å². The average Bonchev–Trinajstić information content (AvgIpc) is 3.13. The number of carboxylic acids is 1. The average molecular weight is 320 g/mol. The second-order valence-corrected chi connectivity index (χ2v) is 5.05. The smallest absolute Gasteiger partial charge is 0.329 e. The van der Waals surface area contributed by atoms with Crippen LogP contribution in [0.25, 0.3) is 0 Å². The number of amides is 1. The van der Waals surface area contributed by atoms with E-state index in [0.29, 0.717) is 5.56 Å². The maximum absolute atomic E-state index is 13.7. The molecule has 1 aromatic carbocycles. The molecule has 1 N–H and O–H groups in total. The number of rotatable bonds is 5. The van der Waals surface area contributed by atoms with Crippen LogP contribution in [0.2, 0.25) is 0 Å². The van der Waals surface area contributed by atoms with Crippen LogP contribution in [0.1, 0.15) is 27.4 Å². The van der Waals surface area contributed by atoms with Gasteiger partial charge in [0.25, 0.3) is 5.91 Å². The van der Waals surface area contributed by atoms with Gasteiger partial charge in [-0.05, 0) is 11.6 Å². The molecule has 1 amide bonds. The van der Waals surface area contributed by atoms with Crippen LogP contribution in [-0.4, -0.2) is 33.5 Å². The van der Waals surface area contributed by atoms with Crippen molar-refractivity contribution < 1.29 is 28.2 Å². The van der Waals surface area contributed by atoms with Crippen LogP contribution in [0.3, 0.4) is 0 Å². The van der Waals surface area contributed by atoms with E-state index in [4.69, 9.17) is 14.3 Å². The standard InChI is InChI=1S/C15H13FN2O5/c16-11-3-1-2-9-4-18(5-10(9)11)15(21)14-12(23-8-17-14)6-22-7-13(19)20/h1-3,8H,4-7H2,(H,19,20). The molecule has 0 bridgehead atoms. The van der Waals surface area contributed by atoms with E-state index in [9.17, 15) is 14.0 Å². The van der Waals surface area contributed by atoms with E-state index in [-0.39, 0.29) is 37.0 Å². The van der Waals surface area contributed by atoms with E-state index in [0.717, 1.165) is 12.0 Å². The van der Waals surface area contributed by atoms with Crippen molar-refractivity contribution in [2.45, 2.75) is 19.7 Å². The van der Waals surface area contributed by atoms with Crippen LogP contribution >= 0.6 is 0 Å². The second kappa shape index (κ2) is 6.17. The highest BCUT2D eigenvalue weighted by atomic mass is 19.1. The van der Waals surface area contributed by atoms with Crippen molar-refractivity contribution in [1.82, 2.24) is 9.88 Å². The Morgan fingerprint density at radius 1 is 1.39 bits per heavy atom. The van der Waals surface area contributed by atoms with Crippen molar-refractivity contribution in [3.8, 4) is 0 Å². The molecule has 0 saturated heterocycles. The van der Waals surface area contributed by atoms with E-state index in [1.165, 1.54) is 11.0 Å². The highest BCUT2D eigenvalue weighted by Crippen LogP contribution is 2.26. The lowest BCUT2D eigenvalue weighted by Crippen LogP contribution is -2.26. The minimum atomic E-state index is -1.12. The summed E-state index contributed by atoms with van der Waals surface area (Å²) in [6, 6.07) is 4.73. The van der Waals surface area contributed by atoms with Gasteiger partial charge in [-0.1, -0.05) is 12.1 Å². The van der Waals surface area contributed by atoms with Crippen LogP contribution in [-0.2, 0) is 29.2 Å². The van der Waals surface area contributed by atoms with Gasteiger partial charge in [0, 0.05) is 18.7 Å². The number of nitrogens with zero attached hydrogens (tertiary/aromatic N) is 2. The Balaban J connectivity index is 1.72. The number of aliphatic carboxylic acids is 1. The molecule has 1 aliphatic rings. The quantitative estimate of drug-likeness (QED) is 0.899. The van der Waals surface area contributed by atoms with Crippen LogP contribution in [0.5, 0.6) is 0 Å². The zero-order valence-electron chi connectivity index (χ0n) is 12.0. The maximum Gasteiger partial charge on any atom is 0.329 e. The summed E-state index contributed by atoms with van der Waals surface area (Å²) in [5.74, 6) is -1.73.